The maximum absolute atomic E-state index is 13.1. The summed E-state index contributed by atoms with van der Waals surface area (Å²) >= 11 is 0. The Hall–Kier alpha value is -2.50. The molecule has 0 aliphatic rings. The normalized spacial score (nSPS) is 10.1. The first kappa shape index (κ1) is 12.9. The molecule has 0 unspecified atom stereocenters. The number of ketones is 1. The number of nitrogens with zero attached hydrogens (tertiary/aromatic N) is 2. The van der Waals surface area contributed by atoms with E-state index in [4.69, 9.17) is 9.47 Å². The first-order valence-electron chi connectivity index (χ1n) is 5.41. The van der Waals surface area contributed by atoms with E-state index >= 15 is 0 Å². The number of hydrogen-bond acceptors (Lipinski definition) is 5. The van der Waals surface area contributed by atoms with Gasteiger partial charge in [-0.15, -0.1) is 0 Å². The second kappa shape index (κ2) is 5.43. The summed E-state index contributed by atoms with van der Waals surface area (Å²) in [6.45, 7) is 0. The van der Waals surface area contributed by atoms with Crippen LogP contribution < -0.4 is 9.47 Å². The van der Waals surface area contributed by atoms with Crippen LogP contribution in [0.5, 0.6) is 11.8 Å². The van der Waals surface area contributed by atoms with Gasteiger partial charge in [-0.2, -0.15) is 4.98 Å². The van der Waals surface area contributed by atoms with Gasteiger partial charge in [0.1, 0.15) is 5.82 Å². The molecular formula is C13H11FN2O3. The molecule has 0 amide bonds. The SMILES string of the molecule is COc1cnc(C(=O)c2cccc(F)c2)c(OC)n1. The van der Waals surface area contributed by atoms with Crippen LogP contribution >= 0.6 is 0 Å². The highest BCUT2D eigenvalue weighted by Gasteiger charge is 2.18. The number of benzene rings is 1. The molecule has 0 saturated carbocycles. The van der Waals surface area contributed by atoms with Crippen molar-refractivity contribution >= 4 is 5.78 Å². The van der Waals surface area contributed by atoms with Crippen LogP contribution in [0.4, 0.5) is 4.39 Å². The predicted molar refractivity (Wildman–Crippen MR) is 65.0 cm³/mol. The minimum Gasteiger partial charge on any atom is -0.480 e. The fourth-order valence-electron chi connectivity index (χ4n) is 1.52. The predicted octanol–water partition coefficient (Wildman–Crippen LogP) is 1.86. The molecule has 0 radical (unpaired) electrons. The van der Waals surface area contributed by atoms with E-state index < -0.39 is 11.6 Å². The van der Waals surface area contributed by atoms with Crippen LogP contribution in [0.25, 0.3) is 0 Å². The Labute approximate surface area is 109 Å². The lowest BCUT2D eigenvalue weighted by atomic mass is 10.1. The maximum atomic E-state index is 13.1. The fourth-order valence-corrected chi connectivity index (χ4v) is 1.52. The van der Waals surface area contributed by atoms with Crippen molar-refractivity contribution in [3.63, 3.8) is 0 Å². The molecular weight excluding hydrogens is 251 g/mol. The summed E-state index contributed by atoms with van der Waals surface area (Å²) in [5.74, 6) is -0.695. The zero-order chi connectivity index (χ0) is 13.8. The lowest BCUT2D eigenvalue weighted by molar-refractivity contribution is 0.102. The Morgan fingerprint density at radius 3 is 2.68 bits per heavy atom. The third-order valence-electron chi connectivity index (χ3n) is 2.42. The number of methoxy groups -OCH3 is 2. The molecule has 2 aromatic rings. The highest BCUT2D eigenvalue weighted by Crippen LogP contribution is 2.20. The standard InChI is InChI=1S/C13H11FN2O3/c1-18-10-7-15-11(13(16-10)19-2)12(17)8-4-3-5-9(14)6-8/h3-7H,1-2H3. The Morgan fingerprint density at radius 1 is 1.26 bits per heavy atom. The largest absolute Gasteiger partial charge is 0.480 e. The molecule has 0 bridgehead atoms. The van der Waals surface area contributed by atoms with Gasteiger partial charge in [0, 0.05) is 5.56 Å². The monoisotopic (exact) mass is 262 g/mol. The van der Waals surface area contributed by atoms with Crippen molar-refractivity contribution in [3.8, 4) is 11.8 Å². The molecule has 1 aromatic heterocycles. The Balaban J connectivity index is 2.44. The molecule has 0 aliphatic carbocycles. The van der Waals surface area contributed by atoms with Crippen LogP contribution in [-0.4, -0.2) is 30.0 Å². The fraction of sp³-hybridized carbons (Fsp3) is 0.154. The van der Waals surface area contributed by atoms with E-state index in [1.54, 1.807) is 0 Å². The van der Waals surface area contributed by atoms with E-state index in [2.05, 4.69) is 9.97 Å². The molecule has 0 N–H and O–H groups in total. The minimum absolute atomic E-state index is 0.00824. The number of ether oxygens (including phenoxy) is 2. The number of carbonyl (C=O) groups is 1. The molecule has 0 atom stereocenters. The van der Waals surface area contributed by atoms with Gasteiger partial charge < -0.3 is 9.47 Å². The van der Waals surface area contributed by atoms with E-state index in [1.807, 2.05) is 0 Å². The van der Waals surface area contributed by atoms with Crippen LogP contribution in [-0.2, 0) is 0 Å². The van der Waals surface area contributed by atoms with E-state index in [-0.39, 0.29) is 23.0 Å². The van der Waals surface area contributed by atoms with Gasteiger partial charge in [-0.1, -0.05) is 12.1 Å². The second-order valence-corrected chi connectivity index (χ2v) is 3.61. The molecule has 5 nitrogen and oxygen atoms in total. The zero-order valence-corrected chi connectivity index (χ0v) is 10.4. The average molecular weight is 262 g/mol. The summed E-state index contributed by atoms with van der Waals surface area (Å²) in [4.78, 5) is 20.1. The van der Waals surface area contributed by atoms with Gasteiger partial charge in [0.15, 0.2) is 5.69 Å². The average Bonchev–Trinajstić information content (AvgIpc) is 2.45. The van der Waals surface area contributed by atoms with Gasteiger partial charge in [-0.05, 0) is 12.1 Å². The third kappa shape index (κ3) is 2.67. The molecule has 0 spiro atoms. The van der Waals surface area contributed by atoms with Crippen LogP contribution in [0, 0.1) is 5.82 Å². The van der Waals surface area contributed by atoms with Crippen molar-refractivity contribution in [2.24, 2.45) is 0 Å². The lowest BCUT2D eigenvalue weighted by Gasteiger charge is -2.07. The first-order chi connectivity index (χ1) is 9.15. The lowest BCUT2D eigenvalue weighted by Crippen LogP contribution is -2.09. The summed E-state index contributed by atoms with van der Waals surface area (Å²) < 4.78 is 23.0. The van der Waals surface area contributed by atoms with Crippen LogP contribution in [0.15, 0.2) is 30.5 Å². The van der Waals surface area contributed by atoms with Crippen molar-refractivity contribution in [2.45, 2.75) is 0 Å². The number of hydrogen-bond donors (Lipinski definition) is 0. The second-order valence-electron chi connectivity index (χ2n) is 3.61. The van der Waals surface area contributed by atoms with Crippen LogP contribution in [0.2, 0.25) is 0 Å². The summed E-state index contributed by atoms with van der Waals surface area (Å²) in [6, 6.07) is 5.34. The van der Waals surface area contributed by atoms with Crippen LogP contribution in [0.3, 0.4) is 0 Å². The van der Waals surface area contributed by atoms with Crippen molar-refractivity contribution in [3.05, 3.63) is 47.5 Å². The summed E-state index contributed by atoms with van der Waals surface area (Å²) in [7, 11) is 2.79. The molecule has 6 heteroatoms. The van der Waals surface area contributed by atoms with E-state index in [0.717, 1.165) is 6.07 Å². The molecule has 0 aliphatic heterocycles. The molecule has 1 heterocycles. The van der Waals surface area contributed by atoms with Crippen molar-refractivity contribution in [2.75, 3.05) is 14.2 Å². The highest BCUT2D eigenvalue weighted by molar-refractivity contribution is 6.09. The highest BCUT2D eigenvalue weighted by atomic mass is 19.1. The molecule has 0 saturated heterocycles. The molecule has 1 aromatic carbocycles. The smallest absolute Gasteiger partial charge is 0.247 e. The van der Waals surface area contributed by atoms with Gasteiger partial charge in [-0.3, -0.25) is 4.79 Å². The zero-order valence-electron chi connectivity index (χ0n) is 10.4. The van der Waals surface area contributed by atoms with Gasteiger partial charge in [0.2, 0.25) is 17.5 Å². The van der Waals surface area contributed by atoms with E-state index in [9.17, 15) is 9.18 Å². The molecule has 98 valence electrons. The van der Waals surface area contributed by atoms with E-state index in [0.29, 0.717) is 0 Å². The first-order valence-corrected chi connectivity index (χ1v) is 5.41. The number of rotatable bonds is 4. The van der Waals surface area contributed by atoms with Crippen LogP contribution in [0.1, 0.15) is 16.1 Å². The van der Waals surface area contributed by atoms with Gasteiger partial charge >= 0.3 is 0 Å². The molecule has 0 fully saturated rings. The minimum atomic E-state index is -0.494. The van der Waals surface area contributed by atoms with Crippen molar-refractivity contribution < 1.29 is 18.7 Å². The van der Waals surface area contributed by atoms with Crippen molar-refractivity contribution in [1.29, 1.82) is 0 Å². The summed E-state index contributed by atoms with van der Waals surface area (Å²) in [6.07, 6.45) is 1.30. The Morgan fingerprint density at radius 2 is 2.05 bits per heavy atom. The number of aromatic nitrogens is 2. The third-order valence-corrected chi connectivity index (χ3v) is 2.42. The maximum Gasteiger partial charge on any atom is 0.247 e. The van der Waals surface area contributed by atoms with Crippen molar-refractivity contribution in [1.82, 2.24) is 9.97 Å². The molecule has 19 heavy (non-hydrogen) atoms. The van der Waals surface area contributed by atoms with Gasteiger partial charge in [-0.25, -0.2) is 9.37 Å². The van der Waals surface area contributed by atoms with Gasteiger partial charge in [0.25, 0.3) is 0 Å². The summed E-state index contributed by atoms with van der Waals surface area (Å²) in [5.41, 5.74) is 0.187. The number of carbonyl (C=O) groups excluding carboxylic acids is 1. The Kier molecular flexibility index (Phi) is 3.70. The van der Waals surface area contributed by atoms with E-state index in [1.165, 1.54) is 38.6 Å². The summed E-state index contributed by atoms with van der Waals surface area (Å²) in [5, 5.41) is 0. The number of halogens is 1. The Bertz CT molecular complexity index is 617. The quantitative estimate of drug-likeness (QED) is 0.787. The topological polar surface area (TPSA) is 61.3 Å². The van der Waals surface area contributed by atoms with Gasteiger partial charge in [0.05, 0.1) is 20.4 Å². The molecule has 2 rings (SSSR count).